The third-order valence-electron chi connectivity index (χ3n) is 4.37. The molecular weight excluding hydrogens is 314 g/mol. The van der Waals surface area contributed by atoms with Gasteiger partial charge in [-0.05, 0) is 25.5 Å². The van der Waals surface area contributed by atoms with E-state index in [9.17, 15) is 4.79 Å². The molecule has 6 heteroatoms. The molecule has 1 N–H and O–H groups in total. The number of para-hydroxylation sites is 1. The van der Waals surface area contributed by atoms with Gasteiger partial charge in [-0.15, -0.1) is 0 Å². The lowest BCUT2D eigenvalue weighted by atomic mass is 10.1. The van der Waals surface area contributed by atoms with E-state index in [1.165, 1.54) is 0 Å². The number of aryl methyl sites for hydroxylation is 2. The third kappa shape index (κ3) is 4.54. The van der Waals surface area contributed by atoms with E-state index in [0.717, 1.165) is 61.3 Å². The van der Waals surface area contributed by atoms with Gasteiger partial charge in [0.2, 0.25) is 5.91 Å². The fourth-order valence-corrected chi connectivity index (χ4v) is 3.21. The van der Waals surface area contributed by atoms with Crippen LogP contribution in [0.25, 0.3) is 0 Å². The van der Waals surface area contributed by atoms with Crippen LogP contribution in [0.4, 0.5) is 11.5 Å². The highest BCUT2D eigenvalue weighted by Gasteiger charge is 2.19. The van der Waals surface area contributed by atoms with Crippen molar-refractivity contribution in [1.29, 1.82) is 0 Å². The highest BCUT2D eigenvalue weighted by molar-refractivity contribution is 5.89. The second-order valence-corrected chi connectivity index (χ2v) is 6.52. The monoisotopic (exact) mass is 339 g/mol. The number of hydrogen-bond acceptors (Lipinski definition) is 5. The summed E-state index contributed by atoms with van der Waals surface area (Å²) < 4.78 is 0. The Morgan fingerprint density at radius 3 is 2.52 bits per heavy atom. The molecule has 2 heterocycles. The predicted octanol–water partition coefficient (Wildman–Crippen LogP) is 2.37. The van der Waals surface area contributed by atoms with Crippen LogP contribution in [0.1, 0.15) is 24.0 Å². The molecule has 6 nitrogen and oxygen atoms in total. The Morgan fingerprint density at radius 1 is 1.12 bits per heavy atom. The molecule has 1 aromatic heterocycles. The minimum absolute atomic E-state index is 0.0354. The molecule has 1 aliphatic rings. The summed E-state index contributed by atoms with van der Waals surface area (Å²) in [5.41, 5.74) is 3.06. The van der Waals surface area contributed by atoms with Crippen molar-refractivity contribution in [3.05, 3.63) is 47.4 Å². The Kier molecular flexibility index (Phi) is 5.28. The summed E-state index contributed by atoms with van der Waals surface area (Å²) in [6.45, 7) is 10.1. The molecule has 0 radical (unpaired) electrons. The van der Waals surface area contributed by atoms with Gasteiger partial charge in [-0.25, -0.2) is 9.97 Å². The van der Waals surface area contributed by atoms with E-state index in [1.807, 2.05) is 32.0 Å². The topological polar surface area (TPSA) is 61.4 Å². The van der Waals surface area contributed by atoms with Crippen LogP contribution in [0.2, 0.25) is 0 Å². The fraction of sp³-hybridized carbons (Fsp3) is 0.421. The van der Waals surface area contributed by atoms with Crippen molar-refractivity contribution in [3.63, 3.8) is 0 Å². The molecule has 3 rings (SSSR count). The van der Waals surface area contributed by atoms with Gasteiger partial charge >= 0.3 is 0 Å². The lowest BCUT2D eigenvalue weighted by Crippen LogP contribution is -2.46. The third-order valence-corrected chi connectivity index (χ3v) is 4.37. The first kappa shape index (κ1) is 17.4. The van der Waals surface area contributed by atoms with Gasteiger partial charge in [-0.3, -0.25) is 9.69 Å². The number of carbonyl (C=O) groups is 1. The maximum absolute atomic E-state index is 11.4. The number of carbonyl (C=O) groups excluding carboxylic acids is 1. The van der Waals surface area contributed by atoms with Gasteiger partial charge in [0.15, 0.2) is 0 Å². The maximum atomic E-state index is 11.4. The Bertz CT molecular complexity index is 733. The molecule has 25 heavy (non-hydrogen) atoms. The Hall–Kier alpha value is -2.47. The van der Waals surface area contributed by atoms with Gasteiger partial charge in [0.1, 0.15) is 11.6 Å². The van der Waals surface area contributed by atoms with Crippen LogP contribution < -0.4 is 10.2 Å². The molecule has 1 amide bonds. The van der Waals surface area contributed by atoms with Crippen molar-refractivity contribution in [2.75, 3.05) is 36.4 Å². The summed E-state index contributed by atoms with van der Waals surface area (Å²) in [4.78, 5) is 25.0. The van der Waals surface area contributed by atoms with Crippen LogP contribution in [0, 0.1) is 13.8 Å². The summed E-state index contributed by atoms with van der Waals surface area (Å²) in [7, 11) is 0. The van der Waals surface area contributed by atoms with E-state index in [1.54, 1.807) is 6.92 Å². The number of anilines is 2. The van der Waals surface area contributed by atoms with E-state index < -0.39 is 0 Å². The zero-order chi connectivity index (χ0) is 17.8. The van der Waals surface area contributed by atoms with E-state index >= 15 is 0 Å². The maximum Gasteiger partial charge on any atom is 0.221 e. The van der Waals surface area contributed by atoms with Gasteiger partial charge in [0, 0.05) is 57.1 Å². The average Bonchev–Trinajstić information content (AvgIpc) is 2.56. The van der Waals surface area contributed by atoms with Gasteiger partial charge in [-0.1, -0.05) is 18.2 Å². The number of benzene rings is 1. The summed E-state index contributed by atoms with van der Waals surface area (Å²) in [6.07, 6.45) is 0. The largest absolute Gasteiger partial charge is 0.354 e. The first-order valence-electron chi connectivity index (χ1n) is 8.66. The molecule has 1 aliphatic heterocycles. The molecule has 1 fully saturated rings. The summed E-state index contributed by atoms with van der Waals surface area (Å²) in [5.74, 6) is 1.80. The summed E-state index contributed by atoms with van der Waals surface area (Å²) in [6, 6.07) is 10.1. The zero-order valence-corrected chi connectivity index (χ0v) is 15.1. The normalized spacial score (nSPS) is 15.2. The smallest absolute Gasteiger partial charge is 0.221 e. The van der Waals surface area contributed by atoms with Crippen LogP contribution in [-0.2, 0) is 11.3 Å². The molecule has 0 atom stereocenters. The average molecular weight is 339 g/mol. The SMILES string of the molecule is CC(=O)Nc1ccccc1CN1CCN(c2cc(C)nc(C)n2)CC1. The standard InChI is InChI=1S/C19H25N5O/c1-14-12-19(21-15(2)20-14)24-10-8-23(9-11-24)13-17-6-4-5-7-18(17)22-16(3)25/h4-7,12H,8-11,13H2,1-3H3,(H,22,25). The number of piperazine rings is 1. The number of nitrogens with one attached hydrogen (secondary N) is 1. The molecule has 2 aromatic rings. The zero-order valence-electron chi connectivity index (χ0n) is 15.1. The van der Waals surface area contributed by atoms with Crippen molar-refractivity contribution in [1.82, 2.24) is 14.9 Å². The van der Waals surface area contributed by atoms with Crippen LogP contribution in [0.5, 0.6) is 0 Å². The van der Waals surface area contributed by atoms with E-state index in [0.29, 0.717) is 0 Å². The lowest BCUT2D eigenvalue weighted by molar-refractivity contribution is -0.114. The van der Waals surface area contributed by atoms with E-state index in [-0.39, 0.29) is 5.91 Å². The minimum atomic E-state index is -0.0354. The molecule has 1 aromatic carbocycles. The van der Waals surface area contributed by atoms with E-state index in [4.69, 9.17) is 0 Å². The van der Waals surface area contributed by atoms with Gasteiger partial charge in [0.05, 0.1) is 0 Å². The molecule has 1 saturated heterocycles. The first-order chi connectivity index (χ1) is 12.0. The van der Waals surface area contributed by atoms with Crippen molar-refractivity contribution in [3.8, 4) is 0 Å². The van der Waals surface area contributed by atoms with Crippen LogP contribution in [0.3, 0.4) is 0 Å². The molecule has 0 bridgehead atoms. The Labute approximate surface area is 148 Å². The fourth-order valence-electron chi connectivity index (χ4n) is 3.21. The van der Waals surface area contributed by atoms with Gasteiger partial charge in [0.25, 0.3) is 0 Å². The van der Waals surface area contributed by atoms with E-state index in [2.05, 4.69) is 37.2 Å². The summed E-state index contributed by atoms with van der Waals surface area (Å²) >= 11 is 0. The molecule has 132 valence electrons. The second kappa shape index (κ2) is 7.61. The van der Waals surface area contributed by atoms with Crippen molar-refractivity contribution in [2.45, 2.75) is 27.3 Å². The molecular formula is C19H25N5O. The van der Waals surface area contributed by atoms with Gasteiger partial charge < -0.3 is 10.2 Å². The number of hydrogen-bond donors (Lipinski definition) is 1. The second-order valence-electron chi connectivity index (χ2n) is 6.52. The number of rotatable bonds is 4. The summed E-state index contributed by atoms with van der Waals surface area (Å²) in [5, 5.41) is 2.92. The van der Waals surface area contributed by atoms with Crippen molar-refractivity contribution >= 4 is 17.4 Å². The Morgan fingerprint density at radius 2 is 1.84 bits per heavy atom. The lowest BCUT2D eigenvalue weighted by Gasteiger charge is -2.35. The molecule has 0 unspecified atom stereocenters. The quantitative estimate of drug-likeness (QED) is 0.927. The molecule has 0 saturated carbocycles. The Balaban J connectivity index is 1.62. The van der Waals surface area contributed by atoms with Gasteiger partial charge in [-0.2, -0.15) is 0 Å². The van der Waals surface area contributed by atoms with Crippen LogP contribution in [-0.4, -0.2) is 47.0 Å². The molecule has 0 aliphatic carbocycles. The minimum Gasteiger partial charge on any atom is -0.354 e. The van der Waals surface area contributed by atoms with Crippen molar-refractivity contribution in [2.24, 2.45) is 0 Å². The first-order valence-corrected chi connectivity index (χ1v) is 8.66. The van der Waals surface area contributed by atoms with Crippen LogP contribution >= 0.6 is 0 Å². The molecule has 0 spiro atoms. The number of amides is 1. The number of nitrogens with zero attached hydrogens (tertiary/aromatic N) is 4. The van der Waals surface area contributed by atoms with Crippen LogP contribution in [0.15, 0.2) is 30.3 Å². The highest BCUT2D eigenvalue weighted by atomic mass is 16.1. The predicted molar refractivity (Wildman–Crippen MR) is 99.7 cm³/mol. The number of aromatic nitrogens is 2. The van der Waals surface area contributed by atoms with Crippen molar-refractivity contribution < 1.29 is 4.79 Å². The highest BCUT2D eigenvalue weighted by Crippen LogP contribution is 2.20.